The van der Waals surface area contributed by atoms with E-state index in [9.17, 15) is 4.39 Å². The van der Waals surface area contributed by atoms with Gasteiger partial charge >= 0.3 is 0 Å². The number of aromatic nitrogens is 3. The van der Waals surface area contributed by atoms with Gasteiger partial charge < -0.3 is 15.2 Å². The molecule has 2 aliphatic rings. The van der Waals surface area contributed by atoms with Crippen molar-refractivity contribution in [1.29, 1.82) is 0 Å². The Kier molecular flexibility index (Phi) is 6.44. The first-order chi connectivity index (χ1) is 16.3. The lowest BCUT2D eigenvalue weighted by Crippen LogP contribution is -2.38. The third kappa shape index (κ3) is 4.49. The number of pyridine rings is 1. The van der Waals surface area contributed by atoms with Crippen LogP contribution in [0.3, 0.4) is 0 Å². The van der Waals surface area contributed by atoms with Crippen molar-refractivity contribution in [2.45, 2.75) is 63.2 Å². The quantitative estimate of drug-likeness (QED) is 0.387. The fourth-order valence-electron chi connectivity index (χ4n) is 5.15. The molecule has 1 aliphatic heterocycles. The Morgan fingerprint density at radius 2 is 2.03 bits per heavy atom. The van der Waals surface area contributed by atoms with E-state index in [0.29, 0.717) is 22.4 Å². The summed E-state index contributed by atoms with van der Waals surface area (Å²) in [5, 5.41) is 4.90. The van der Waals surface area contributed by atoms with E-state index in [-0.39, 0.29) is 16.4 Å². The second-order valence-corrected chi connectivity index (χ2v) is 10.0. The molecule has 1 aromatic carbocycles. The number of nitrogens with zero attached hydrogens (tertiary/aromatic N) is 3. The standard InChI is InChI=1S/C25H27Cl2FN4O2/c1-15(22-19(26)4-5-20(28)23(22)27)34-21-10-16(12-30-24(21)29)17-13-31-32(14-17)18-6-9-33-25(11-18)7-2-3-8-25/h4-5,10,12-15,18H,2-3,6-9,11H2,1H3,(H2,29,30). The molecule has 3 heterocycles. The molecule has 180 valence electrons. The molecule has 2 fully saturated rings. The van der Waals surface area contributed by atoms with E-state index in [1.54, 1.807) is 13.1 Å². The van der Waals surface area contributed by atoms with Crippen molar-refractivity contribution in [1.82, 2.24) is 14.8 Å². The molecule has 9 heteroatoms. The molecule has 1 saturated heterocycles. The van der Waals surface area contributed by atoms with Crippen molar-refractivity contribution < 1.29 is 13.9 Å². The lowest BCUT2D eigenvalue weighted by atomic mass is 9.89. The van der Waals surface area contributed by atoms with Gasteiger partial charge in [0.05, 0.1) is 22.9 Å². The van der Waals surface area contributed by atoms with Crippen LogP contribution >= 0.6 is 23.2 Å². The first kappa shape index (κ1) is 23.4. The van der Waals surface area contributed by atoms with Crippen molar-refractivity contribution >= 4 is 29.0 Å². The van der Waals surface area contributed by atoms with Crippen LogP contribution in [0.5, 0.6) is 5.75 Å². The number of halogens is 3. The van der Waals surface area contributed by atoms with E-state index in [1.165, 1.54) is 25.0 Å². The maximum absolute atomic E-state index is 14.0. The molecule has 0 amide bonds. The lowest BCUT2D eigenvalue weighted by molar-refractivity contribution is -0.0909. The molecule has 2 atom stereocenters. The number of rotatable bonds is 5. The summed E-state index contributed by atoms with van der Waals surface area (Å²) < 4.78 is 28.2. The van der Waals surface area contributed by atoms with E-state index in [1.807, 2.05) is 23.1 Å². The van der Waals surface area contributed by atoms with Crippen LogP contribution in [0.1, 0.15) is 63.2 Å². The first-order valence-corrected chi connectivity index (χ1v) is 12.3. The average Bonchev–Trinajstić information content (AvgIpc) is 3.48. The van der Waals surface area contributed by atoms with Crippen LogP contribution in [0.15, 0.2) is 36.8 Å². The molecule has 1 saturated carbocycles. The Bertz CT molecular complexity index is 1200. The van der Waals surface area contributed by atoms with Gasteiger partial charge in [0, 0.05) is 40.7 Å². The van der Waals surface area contributed by atoms with Gasteiger partial charge in [-0.2, -0.15) is 5.10 Å². The number of benzene rings is 1. The highest BCUT2D eigenvalue weighted by atomic mass is 35.5. The topological polar surface area (TPSA) is 75.2 Å². The van der Waals surface area contributed by atoms with Crippen LogP contribution in [0.2, 0.25) is 10.0 Å². The van der Waals surface area contributed by atoms with Gasteiger partial charge in [-0.15, -0.1) is 0 Å². The van der Waals surface area contributed by atoms with Crippen molar-refractivity contribution in [3.63, 3.8) is 0 Å². The molecule has 1 aliphatic carbocycles. The normalized spacial score (nSPS) is 20.5. The molecule has 5 rings (SSSR count). The molecule has 2 unspecified atom stereocenters. The van der Waals surface area contributed by atoms with Crippen molar-refractivity contribution in [2.24, 2.45) is 0 Å². The highest BCUT2D eigenvalue weighted by Gasteiger charge is 2.40. The second-order valence-electron chi connectivity index (χ2n) is 9.22. The van der Waals surface area contributed by atoms with Crippen molar-refractivity contribution in [3.8, 4) is 16.9 Å². The summed E-state index contributed by atoms with van der Waals surface area (Å²) >= 11 is 12.4. The number of nitrogen functional groups attached to an aromatic ring is 1. The van der Waals surface area contributed by atoms with Gasteiger partial charge in [0.15, 0.2) is 11.6 Å². The molecule has 0 radical (unpaired) electrons. The van der Waals surface area contributed by atoms with E-state index < -0.39 is 11.9 Å². The van der Waals surface area contributed by atoms with Gasteiger partial charge in [0.2, 0.25) is 0 Å². The molecule has 1 spiro atoms. The zero-order valence-corrected chi connectivity index (χ0v) is 20.4. The third-order valence-corrected chi connectivity index (χ3v) is 7.68. The van der Waals surface area contributed by atoms with Crippen LogP contribution < -0.4 is 10.5 Å². The van der Waals surface area contributed by atoms with Crippen molar-refractivity contribution in [3.05, 3.63) is 58.2 Å². The predicted molar refractivity (Wildman–Crippen MR) is 131 cm³/mol. The molecular weight excluding hydrogens is 478 g/mol. The van der Waals surface area contributed by atoms with E-state index in [2.05, 4.69) is 10.1 Å². The lowest BCUT2D eigenvalue weighted by Gasteiger charge is -2.38. The van der Waals surface area contributed by atoms with Crippen LogP contribution in [-0.4, -0.2) is 27.0 Å². The SMILES string of the molecule is CC(Oc1cc(-c2cnn(C3CCOC4(CCCC4)C3)c2)cnc1N)c1c(Cl)ccc(F)c1Cl. The van der Waals surface area contributed by atoms with Crippen LogP contribution in [-0.2, 0) is 4.74 Å². The number of nitrogens with two attached hydrogens (primary N) is 1. The number of ether oxygens (including phenoxy) is 2. The molecule has 3 aromatic rings. The van der Waals surface area contributed by atoms with Gasteiger partial charge in [-0.3, -0.25) is 4.68 Å². The smallest absolute Gasteiger partial charge is 0.166 e. The zero-order chi connectivity index (χ0) is 23.9. The minimum atomic E-state index is -0.636. The van der Waals surface area contributed by atoms with E-state index in [0.717, 1.165) is 43.4 Å². The molecule has 34 heavy (non-hydrogen) atoms. The fourth-order valence-corrected chi connectivity index (χ4v) is 5.83. The molecule has 0 bridgehead atoms. The van der Waals surface area contributed by atoms with E-state index in [4.69, 9.17) is 38.4 Å². The second kappa shape index (κ2) is 9.36. The third-order valence-electron chi connectivity index (χ3n) is 6.96. The van der Waals surface area contributed by atoms with Crippen LogP contribution in [0.25, 0.3) is 11.1 Å². The summed E-state index contributed by atoms with van der Waals surface area (Å²) in [6.45, 7) is 2.51. The Balaban J connectivity index is 1.36. The summed E-state index contributed by atoms with van der Waals surface area (Å²) in [4.78, 5) is 4.30. The monoisotopic (exact) mass is 504 g/mol. The minimum absolute atomic E-state index is 0.0222. The van der Waals surface area contributed by atoms with Gasteiger partial charge in [0.1, 0.15) is 11.9 Å². The van der Waals surface area contributed by atoms with Crippen LogP contribution in [0, 0.1) is 5.82 Å². The Morgan fingerprint density at radius 1 is 1.24 bits per heavy atom. The Hall–Kier alpha value is -2.35. The largest absolute Gasteiger partial charge is 0.482 e. The summed E-state index contributed by atoms with van der Waals surface area (Å²) in [5.74, 6) is 0.0284. The maximum atomic E-state index is 14.0. The number of hydrogen-bond donors (Lipinski definition) is 1. The van der Waals surface area contributed by atoms with Crippen LogP contribution in [0.4, 0.5) is 10.2 Å². The molecule has 6 nitrogen and oxygen atoms in total. The molecule has 2 N–H and O–H groups in total. The predicted octanol–water partition coefficient (Wildman–Crippen LogP) is 6.78. The van der Waals surface area contributed by atoms with Gasteiger partial charge in [-0.1, -0.05) is 36.0 Å². The molecular formula is C25H27Cl2FN4O2. The number of anilines is 1. The van der Waals surface area contributed by atoms with Gasteiger partial charge in [-0.25, -0.2) is 9.37 Å². The maximum Gasteiger partial charge on any atom is 0.166 e. The fraction of sp³-hybridized carbons (Fsp3) is 0.440. The first-order valence-electron chi connectivity index (χ1n) is 11.6. The summed E-state index contributed by atoms with van der Waals surface area (Å²) in [6.07, 6.45) is 11.6. The molecule has 2 aromatic heterocycles. The Morgan fingerprint density at radius 3 is 2.82 bits per heavy atom. The number of hydrogen-bond acceptors (Lipinski definition) is 5. The average molecular weight is 505 g/mol. The van der Waals surface area contributed by atoms with Crippen molar-refractivity contribution in [2.75, 3.05) is 12.3 Å². The zero-order valence-electron chi connectivity index (χ0n) is 18.9. The highest BCUT2D eigenvalue weighted by molar-refractivity contribution is 6.36. The summed E-state index contributed by atoms with van der Waals surface area (Å²) in [5.41, 5.74) is 8.20. The summed E-state index contributed by atoms with van der Waals surface area (Å²) in [6, 6.07) is 4.80. The van der Waals surface area contributed by atoms with Gasteiger partial charge in [-0.05, 0) is 50.8 Å². The minimum Gasteiger partial charge on any atom is -0.482 e. The van der Waals surface area contributed by atoms with Gasteiger partial charge in [0.25, 0.3) is 0 Å². The van der Waals surface area contributed by atoms with E-state index >= 15 is 0 Å². The summed E-state index contributed by atoms with van der Waals surface area (Å²) in [7, 11) is 0. The highest BCUT2D eigenvalue weighted by Crippen LogP contribution is 2.44. The Labute approximate surface area is 208 Å².